The number of rotatable bonds is 3. The topological polar surface area (TPSA) is 74.1 Å². The van der Waals surface area contributed by atoms with Crippen molar-refractivity contribution in [3.63, 3.8) is 0 Å². The number of methoxy groups -OCH3 is 1. The molecule has 0 unspecified atom stereocenters. The minimum Gasteiger partial charge on any atom is -0.495 e. The van der Waals surface area contributed by atoms with E-state index in [4.69, 9.17) is 10.00 Å². The van der Waals surface area contributed by atoms with Crippen LogP contribution >= 0.6 is 0 Å². The van der Waals surface area contributed by atoms with E-state index in [0.29, 0.717) is 17.0 Å². The summed E-state index contributed by atoms with van der Waals surface area (Å²) >= 11 is 0. The smallest absolute Gasteiger partial charge is 0.230 e. The summed E-state index contributed by atoms with van der Waals surface area (Å²) < 4.78 is 5.23. The first kappa shape index (κ1) is 14.4. The van der Waals surface area contributed by atoms with Crippen molar-refractivity contribution in [2.24, 2.45) is 5.41 Å². The Morgan fingerprint density at radius 3 is 2.75 bits per heavy atom. The maximum Gasteiger partial charge on any atom is 0.230 e. The van der Waals surface area contributed by atoms with Gasteiger partial charge >= 0.3 is 0 Å². The monoisotopic (exact) mass is 273 g/mol. The second kappa shape index (κ2) is 5.93. The Balaban J connectivity index is 2.25. The van der Waals surface area contributed by atoms with Gasteiger partial charge in [0.2, 0.25) is 5.91 Å². The molecule has 1 fully saturated rings. The molecule has 5 nitrogen and oxygen atoms in total. The molecule has 0 atom stereocenters. The molecule has 2 rings (SSSR count). The third-order valence-electron chi connectivity index (χ3n) is 3.86. The first-order valence-corrected chi connectivity index (χ1v) is 6.70. The third-order valence-corrected chi connectivity index (χ3v) is 3.86. The average Bonchev–Trinajstić information content (AvgIpc) is 2.48. The fraction of sp³-hybridized carbons (Fsp3) is 0.467. The minimum absolute atomic E-state index is 0.0556. The maximum absolute atomic E-state index is 12.5. The zero-order chi connectivity index (χ0) is 14.6. The highest BCUT2D eigenvalue weighted by Crippen LogP contribution is 2.33. The number of nitriles is 1. The van der Waals surface area contributed by atoms with Crippen molar-refractivity contribution in [1.29, 1.82) is 5.26 Å². The predicted molar refractivity (Wildman–Crippen MR) is 76.5 cm³/mol. The van der Waals surface area contributed by atoms with Crippen LogP contribution in [0.4, 0.5) is 5.69 Å². The van der Waals surface area contributed by atoms with Gasteiger partial charge in [-0.15, -0.1) is 0 Å². The number of amides is 1. The number of carbonyl (C=O) groups is 1. The molecular weight excluding hydrogens is 254 g/mol. The number of anilines is 1. The van der Waals surface area contributed by atoms with Crippen molar-refractivity contribution in [2.75, 3.05) is 25.5 Å². The lowest BCUT2D eigenvalue weighted by molar-refractivity contribution is -0.126. The number of hydrogen-bond donors (Lipinski definition) is 2. The highest BCUT2D eigenvalue weighted by molar-refractivity contribution is 5.97. The molecule has 1 amide bonds. The SMILES string of the molecule is COc1cccc(C#N)c1NC(=O)C1(C)CCNCC1. The molecule has 5 heteroatoms. The van der Waals surface area contributed by atoms with Gasteiger partial charge in [-0.2, -0.15) is 5.26 Å². The van der Waals surface area contributed by atoms with Gasteiger partial charge in [-0.3, -0.25) is 4.79 Å². The number of para-hydroxylation sites is 1. The third kappa shape index (κ3) is 2.75. The van der Waals surface area contributed by atoms with Gasteiger partial charge < -0.3 is 15.4 Å². The van der Waals surface area contributed by atoms with Crippen molar-refractivity contribution in [3.05, 3.63) is 23.8 Å². The molecule has 0 aliphatic carbocycles. The van der Waals surface area contributed by atoms with Gasteiger partial charge in [0.05, 0.1) is 12.7 Å². The second-order valence-corrected chi connectivity index (χ2v) is 5.26. The predicted octanol–water partition coefficient (Wildman–Crippen LogP) is 1.90. The molecule has 1 aliphatic heterocycles. The van der Waals surface area contributed by atoms with Gasteiger partial charge in [0, 0.05) is 5.41 Å². The van der Waals surface area contributed by atoms with Crippen LogP contribution in [0.1, 0.15) is 25.3 Å². The molecular formula is C15H19N3O2. The van der Waals surface area contributed by atoms with Crippen LogP contribution in [0.2, 0.25) is 0 Å². The van der Waals surface area contributed by atoms with Crippen molar-refractivity contribution >= 4 is 11.6 Å². The molecule has 1 aromatic rings. The number of nitrogens with one attached hydrogen (secondary N) is 2. The van der Waals surface area contributed by atoms with Gasteiger partial charge in [-0.05, 0) is 38.1 Å². The van der Waals surface area contributed by atoms with Crippen LogP contribution in [-0.2, 0) is 4.79 Å². The Morgan fingerprint density at radius 1 is 1.45 bits per heavy atom. The van der Waals surface area contributed by atoms with Crippen molar-refractivity contribution in [3.8, 4) is 11.8 Å². The molecule has 1 aromatic carbocycles. The minimum atomic E-state index is -0.404. The lowest BCUT2D eigenvalue weighted by Gasteiger charge is -2.32. The summed E-state index contributed by atoms with van der Waals surface area (Å²) in [4.78, 5) is 12.5. The fourth-order valence-electron chi connectivity index (χ4n) is 2.39. The summed E-state index contributed by atoms with van der Waals surface area (Å²) in [5.74, 6) is 0.454. The van der Waals surface area contributed by atoms with Crippen LogP contribution in [0.25, 0.3) is 0 Å². The van der Waals surface area contributed by atoms with Crippen LogP contribution in [0.3, 0.4) is 0 Å². The molecule has 106 valence electrons. The number of carbonyl (C=O) groups excluding carboxylic acids is 1. The van der Waals surface area contributed by atoms with Crippen molar-refractivity contribution in [2.45, 2.75) is 19.8 Å². The molecule has 1 saturated heterocycles. The number of hydrogen-bond acceptors (Lipinski definition) is 4. The molecule has 1 aliphatic rings. The highest BCUT2D eigenvalue weighted by Gasteiger charge is 2.35. The summed E-state index contributed by atoms with van der Waals surface area (Å²) in [7, 11) is 1.53. The van der Waals surface area contributed by atoms with Crippen LogP contribution < -0.4 is 15.4 Å². The normalized spacial score (nSPS) is 17.1. The van der Waals surface area contributed by atoms with E-state index in [9.17, 15) is 4.79 Å². The van der Waals surface area contributed by atoms with E-state index < -0.39 is 5.41 Å². The van der Waals surface area contributed by atoms with Gasteiger partial charge in [0.25, 0.3) is 0 Å². The van der Waals surface area contributed by atoms with Gasteiger partial charge in [-0.25, -0.2) is 0 Å². The van der Waals surface area contributed by atoms with Gasteiger partial charge in [0.1, 0.15) is 17.5 Å². The Kier molecular flexibility index (Phi) is 4.26. The summed E-state index contributed by atoms with van der Waals surface area (Å²) in [6.07, 6.45) is 1.58. The van der Waals surface area contributed by atoms with Crippen molar-refractivity contribution < 1.29 is 9.53 Å². The number of ether oxygens (including phenoxy) is 1. The molecule has 20 heavy (non-hydrogen) atoms. The fourth-order valence-corrected chi connectivity index (χ4v) is 2.39. The Hall–Kier alpha value is -2.06. The van der Waals surface area contributed by atoms with E-state index in [1.165, 1.54) is 7.11 Å². The first-order valence-electron chi connectivity index (χ1n) is 6.70. The molecule has 0 aromatic heterocycles. The standard InChI is InChI=1S/C15H19N3O2/c1-15(6-8-17-9-7-15)14(19)18-13-11(10-16)4-3-5-12(13)20-2/h3-5,17H,6-9H2,1-2H3,(H,18,19). The molecule has 0 radical (unpaired) electrons. The molecule has 0 saturated carbocycles. The van der Waals surface area contributed by atoms with E-state index in [0.717, 1.165) is 25.9 Å². The van der Waals surface area contributed by atoms with Crippen LogP contribution in [0.15, 0.2) is 18.2 Å². The van der Waals surface area contributed by atoms with Gasteiger partial charge in [0.15, 0.2) is 0 Å². The second-order valence-electron chi connectivity index (χ2n) is 5.26. The number of nitrogens with zero attached hydrogens (tertiary/aromatic N) is 1. The lowest BCUT2D eigenvalue weighted by Crippen LogP contribution is -2.43. The number of piperidine rings is 1. The van der Waals surface area contributed by atoms with E-state index in [1.807, 2.05) is 6.92 Å². The Bertz CT molecular complexity index is 543. The Labute approximate surface area is 118 Å². The van der Waals surface area contributed by atoms with Crippen molar-refractivity contribution in [1.82, 2.24) is 5.32 Å². The van der Waals surface area contributed by atoms with Crippen LogP contribution in [0, 0.1) is 16.7 Å². The lowest BCUT2D eigenvalue weighted by atomic mass is 9.80. The Morgan fingerprint density at radius 2 is 2.15 bits per heavy atom. The van der Waals surface area contributed by atoms with Crippen LogP contribution in [-0.4, -0.2) is 26.1 Å². The highest BCUT2D eigenvalue weighted by atomic mass is 16.5. The van der Waals surface area contributed by atoms with Crippen LogP contribution in [0.5, 0.6) is 5.75 Å². The molecule has 0 spiro atoms. The zero-order valence-electron chi connectivity index (χ0n) is 11.8. The largest absolute Gasteiger partial charge is 0.495 e. The summed E-state index contributed by atoms with van der Waals surface area (Å²) in [6.45, 7) is 3.63. The average molecular weight is 273 g/mol. The quantitative estimate of drug-likeness (QED) is 0.882. The summed E-state index contributed by atoms with van der Waals surface area (Å²) in [6, 6.07) is 7.23. The van der Waals surface area contributed by atoms with Gasteiger partial charge in [-0.1, -0.05) is 13.0 Å². The maximum atomic E-state index is 12.5. The summed E-state index contributed by atoms with van der Waals surface area (Å²) in [5, 5.41) is 15.3. The molecule has 2 N–H and O–H groups in total. The van der Waals surface area contributed by atoms with E-state index in [1.54, 1.807) is 18.2 Å². The van der Waals surface area contributed by atoms with E-state index in [-0.39, 0.29) is 5.91 Å². The first-order chi connectivity index (χ1) is 9.60. The van der Waals surface area contributed by atoms with E-state index in [2.05, 4.69) is 16.7 Å². The number of benzene rings is 1. The summed E-state index contributed by atoms with van der Waals surface area (Å²) in [5.41, 5.74) is 0.469. The molecule has 1 heterocycles. The zero-order valence-corrected chi connectivity index (χ0v) is 11.8. The molecule has 0 bridgehead atoms. The van der Waals surface area contributed by atoms with E-state index >= 15 is 0 Å².